The van der Waals surface area contributed by atoms with Crippen molar-refractivity contribution >= 4 is 46.9 Å². The van der Waals surface area contributed by atoms with Crippen LogP contribution in [-0.2, 0) is 20.7 Å². The highest BCUT2D eigenvalue weighted by atomic mass is 35.5. The highest BCUT2D eigenvalue weighted by Crippen LogP contribution is 2.28. The summed E-state index contributed by atoms with van der Waals surface area (Å²) < 4.78 is 45.5. The minimum atomic E-state index is -3.12. The van der Waals surface area contributed by atoms with Crippen molar-refractivity contribution in [3.05, 3.63) is 74.4 Å². The van der Waals surface area contributed by atoms with E-state index in [1.165, 1.54) is 25.3 Å². The molecule has 2 N–H and O–H groups in total. The standard InChI is InChI=1S/C15H14Cl2F3N3O3.C13H15N3O3/c1-3-26-13(24)10(17)4-8-5-12(11(18)6-9(8)16)23-15(25)22(14(19)20)7(2)21-23;1-7(2)13(3)12(19)15-10(16-13)9-8(11(17)18)5-4-6-14-9/h5-6,10,14H,3-4H2,1-2H3;4-7H,1-3H3,(H,17,18)(H,15,16,19). The van der Waals surface area contributed by atoms with Crippen molar-refractivity contribution in [1.82, 2.24) is 24.6 Å². The molecule has 1 aliphatic heterocycles. The number of carbonyl (C=O) groups is 3. The van der Waals surface area contributed by atoms with E-state index in [4.69, 9.17) is 33.0 Å². The number of nitrogens with one attached hydrogen (secondary N) is 1. The van der Waals surface area contributed by atoms with Crippen LogP contribution in [0.4, 0.5) is 13.2 Å². The molecule has 0 saturated carbocycles. The van der Waals surface area contributed by atoms with Crippen molar-refractivity contribution in [1.29, 1.82) is 0 Å². The maximum absolute atomic E-state index is 14.2. The van der Waals surface area contributed by atoms with Crippen LogP contribution in [0, 0.1) is 18.7 Å². The molecule has 3 heterocycles. The van der Waals surface area contributed by atoms with Gasteiger partial charge in [-0.15, -0.1) is 16.7 Å². The molecule has 242 valence electrons. The fraction of sp³-hybridized carbons (Fsp3) is 0.393. The lowest BCUT2D eigenvalue weighted by atomic mass is 9.89. The molecular formula is C28H29Cl2F3N6O6. The smallest absolute Gasteiger partial charge is 0.355 e. The molecule has 45 heavy (non-hydrogen) atoms. The van der Waals surface area contributed by atoms with E-state index in [0.29, 0.717) is 4.68 Å². The third-order valence-corrected chi connectivity index (χ3v) is 7.57. The summed E-state index contributed by atoms with van der Waals surface area (Å²) in [6.07, 6.45) is 1.36. The molecule has 12 nitrogen and oxygen atoms in total. The Bertz CT molecular complexity index is 1710. The molecule has 0 radical (unpaired) electrons. The first kappa shape index (κ1) is 35.2. The topological polar surface area (TPSA) is 158 Å². The molecule has 3 aromatic rings. The minimum Gasteiger partial charge on any atom is -0.478 e. The Morgan fingerprint density at radius 1 is 1.22 bits per heavy atom. The van der Waals surface area contributed by atoms with Gasteiger partial charge < -0.3 is 15.2 Å². The van der Waals surface area contributed by atoms with Crippen LogP contribution in [0.25, 0.3) is 5.69 Å². The molecule has 2 aromatic heterocycles. The number of pyridine rings is 1. The number of carboxylic acid groups (broad SMARTS) is 1. The first-order chi connectivity index (χ1) is 21.0. The van der Waals surface area contributed by atoms with E-state index in [1.807, 2.05) is 13.8 Å². The summed E-state index contributed by atoms with van der Waals surface area (Å²) in [6, 6.07) is 5.00. The number of amidine groups is 1. The Kier molecular flexibility index (Phi) is 11.2. The van der Waals surface area contributed by atoms with Crippen molar-refractivity contribution in [3.63, 3.8) is 0 Å². The maximum atomic E-state index is 14.2. The van der Waals surface area contributed by atoms with Gasteiger partial charge >= 0.3 is 24.2 Å². The number of aromatic nitrogens is 4. The van der Waals surface area contributed by atoms with Crippen LogP contribution in [0.2, 0.25) is 5.02 Å². The molecule has 0 fully saturated rings. The first-order valence-electron chi connectivity index (χ1n) is 13.4. The molecule has 0 aliphatic carbocycles. The van der Waals surface area contributed by atoms with Gasteiger partial charge in [-0.3, -0.25) is 14.6 Å². The summed E-state index contributed by atoms with van der Waals surface area (Å²) >= 11 is 11.9. The SMILES string of the molecule is CC(C)C1(C)N=C(c2ncccc2C(=O)O)NC1=O.CCOC(=O)C(Cl)Cc1cc(-n2nc(C)n(C(F)F)c2=O)c(F)cc1Cl. The number of esters is 1. The lowest BCUT2D eigenvalue weighted by Crippen LogP contribution is -2.41. The lowest BCUT2D eigenvalue weighted by Gasteiger charge is -2.21. The summed E-state index contributed by atoms with van der Waals surface area (Å²) in [7, 11) is 0. The normalized spacial score (nSPS) is 16.6. The number of aromatic carboxylic acids is 1. The number of halogens is 5. The quantitative estimate of drug-likeness (QED) is 0.251. The number of aliphatic imine (C=N–C) groups is 1. The van der Waals surface area contributed by atoms with Crippen molar-refractivity contribution in [2.24, 2.45) is 10.9 Å². The maximum Gasteiger partial charge on any atom is 0.355 e. The molecule has 1 amide bonds. The molecule has 2 unspecified atom stereocenters. The van der Waals surface area contributed by atoms with Gasteiger partial charge in [0, 0.05) is 17.6 Å². The predicted molar refractivity (Wildman–Crippen MR) is 158 cm³/mol. The summed E-state index contributed by atoms with van der Waals surface area (Å²) in [5.74, 6) is -3.03. The number of alkyl halides is 3. The van der Waals surface area contributed by atoms with E-state index >= 15 is 0 Å². The largest absolute Gasteiger partial charge is 0.478 e. The zero-order valence-electron chi connectivity index (χ0n) is 24.6. The van der Waals surface area contributed by atoms with E-state index < -0.39 is 40.9 Å². The van der Waals surface area contributed by atoms with E-state index in [0.717, 1.165) is 12.1 Å². The summed E-state index contributed by atoms with van der Waals surface area (Å²) in [4.78, 5) is 55.2. The molecule has 1 aromatic carbocycles. The first-order valence-corrected chi connectivity index (χ1v) is 14.2. The van der Waals surface area contributed by atoms with Gasteiger partial charge in [0.1, 0.15) is 28.1 Å². The van der Waals surface area contributed by atoms with Crippen molar-refractivity contribution < 1.29 is 37.4 Å². The second-order valence-electron chi connectivity index (χ2n) is 10.1. The van der Waals surface area contributed by atoms with Gasteiger partial charge in [-0.05, 0) is 56.5 Å². The van der Waals surface area contributed by atoms with Gasteiger partial charge in [-0.25, -0.2) is 23.5 Å². The van der Waals surface area contributed by atoms with Crippen LogP contribution >= 0.6 is 23.2 Å². The third kappa shape index (κ3) is 7.53. The number of carbonyl (C=O) groups excluding carboxylic acids is 2. The fourth-order valence-electron chi connectivity index (χ4n) is 4.08. The van der Waals surface area contributed by atoms with Crippen molar-refractivity contribution in [3.8, 4) is 5.69 Å². The Labute approximate surface area is 264 Å². The average Bonchev–Trinajstić information content (AvgIpc) is 3.45. The number of ether oxygens (including phenoxy) is 1. The van der Waals surface area contributed by atoms with Gasteiger partial charge in [0.2, 0.25) is 0 Å². The highest BCUT2D eigenvalue weighted by molar-refractivity contribution is 6.32. The summed E-state index contributed by atoms with van der Waals surface area (Å²) in [5, 5.41) is 14.3. The fourth-order valence-corrected chi connectivity index (χ4v) is 4.54. The number of hydrogen-bond donors (Lipinski definition) is 2. The van der Waals surface area contributed by atoms with Crippen LogP contribution in [0.1, 0.15) is 61.7 Å². The van der Waals surface area contributed by atoms with Crippen LogP contribution < -0.4 is 11.0 Å². The van der Waals surface area contributed by atoms with Crippen molar-refractivity contribution in [2.45, 2.75) is 58.5 Å². The van der Waals surface area contributed by atoms with Crippen LogP contribution in [0.15, 0.2) is 40.2 Å². The van der Waals surface area contributed by atoms with Crippen LogP contribution in [0.5, 0.6) is 0 Å². The van der Waals surface area contributed by atoms with Gasteiger partial charge in [0.05, 0.1) is 12.2 Å². The summed E-state index contributed by atoms with van der Waals surface area (Å²) in [5.41, 5.74) is -2.04. The zero-order chi connectivity index (χ0) is 33.8. The van der Waals surface area contributed by atoms with Crippen LogP contribution in [0.3, 0.4) is 0 Å². The number of nitrogens with zero attached hydrogens (tertiary/aromatic N) is 5. The van der Waals surface area contributed by atoms with Gasteiger partial charge in [-0.2, -0.15) is 13.5 Å². The second kappa shape index (κ2) is 14.2. The van der Waals surface area contributed by atoms with E-state index in [9.17, 15) is 32.3 Å². The lowest BCUT2D eigenvalue weighted by molar-refractivity contribution is -0.142. The predicted octanol–water partition coefficient (Wildman–Crippen LogP) is 4.31. The zero-order valence-corrected chi connectivity index (χ0v) is 26.2. The second-order valence-corrected chi connectivity index (χ2v) is 11.1. The molecular weight excluding hydrogens is 644 g/mol. The van der Waals surface area contributed by atoms with E-state index in [1.54, 1.807) is 13.8 Å². The molecule has 4 rings (SSSR count). The van der Waals surface area contributed by atoms with Crippen LogP contribution in [-0.4, -0.2) is 65.6 Å². The van der Waals surface area contributed by atoms with Gasteiger partial charge in [0.15, 0.2) is 11.7 Å². The Morgan fingerprint density at radius 3 is 2.42 bits per heavy atom. The summed E-state index contributed by atoms with van der Waals surface area (Å²) in [6.45, 7) is 5.31. The number of rotatable bonds is 9. The number of hydrogen-bond acceptors (Lipinski definition) is 8. The molecule has 0 bridgehead atoms. The van der Waals surface area contributed by atoms with Gasteiger partial charge in [-0.1, -0.05) is 25.4 Å². The molecule has 0 spiro atoms. The Morgan fingerprint density at radius 2 is 1.89 bits per heavy atom. The Balaban J connectivity index is 0.000000257. The van der Waals surface area contributed by atoms with E-state index in [-0.39, 0.29) is 68.6 Å². The minimum absolute atomic E-state index is 0.00184. The monoisotopic (exact) mass is 672 g/mol. The molecule has 1 aliphatic rings. The molecule has 2 atom stereocenters. The number of aryl methyl sites for hydroxylation is 1. The van der Waals surface area contributed by atoms with Gasteiger partial charge in [0.25, 0.3) is 5.91 Å². The van der Waals surface area contributed by atoms with E-state index in [2.05, 4.69) is 20.4 Å². The number of carboxylic acids is 1. The Hall–Kier alpha value is -4.24. The number of amides is 1. The number of benzene rings is 1. The molecule has 0 saturated heterocycles. The third-order valence-electron chi connectivity index (χ3n) is 6.88. The highest BCUT2D eigenvalue weighted by Gasteiger charge is 2.43. The van der Waals surface area contributed by atoms with Crippen molar-refractivity contribution in [2.75, 3.05) is 6.61 Å². The average molecular weight is 673 g/mol. The molecule has 17 heteroatoms.